The largest absolute Gasteiger partial charge is 0.306 e. The Labute approximate surface area is 94.3 Å². The molecule has 0 N–H and O–H groups in total. The standard InChI is InChI=1S/C13H24N2/c1-4-6-9-15-10-7-13(8-11-15)12-14(3)5-2/h6,13H,1,5,7-12H2,2-3H3. The van der Waals surface area contributed by atoms with Crippen molar-refractivity contribution in [1.29, 1.82) is 0 Å². The fraction of sp³-hybridized carbons (Fsp3) is 0.769. The lowest BCUT2D eigenvalue weighted by Gasteiger charge is -2.32. The van der Waals surface area contributed by atoms with Crippen LogP contribution in [-0.4, -0.2) is 49.6 Å². The molecule has 0 spiro atoms. The molecule has 2 nitrogen and oxygen atoms in total. The quantitative estimate of drug-likeness (QED) is 0.638. The second-order valence-electron chi connectivity index (χ2n) is 4.51. The van der Waals surface area contributed by atoms with Crippen molar-refractivity contribution in [3.05, 3.63) is 18.4 Å². The molecule has 1 fully saturated rings. The van der Waals surface area contributed by atoms with Crippen molar-refractivity contribution in [2.75, 3.05) is 39.8 Å². The monoisotopic (exact) mass is 208 g/mol. The van der Waals surface area contributed by atoms with Gasteiger partial charge in [0.2, 0.25) is 0 Å². The zero-order valence-electron chi connectivity index (χ0n) is 10.2. The van der Waals surface area contributed by atoms with Crippen LogP contribution in [0.4, 0.5) is 0 Å². The van der Waals surface area contributed by atoms with Crippen LogP contribution in [0, 0.1) is 5.92 Å². The summed E-state index contributed by atoms with van der Waals surface area (Å²) in [6.45, 7) is 11.8. The first-order valence-corrected chi connectivity index (χ1v) is 6.01. The van der Waals surface area contributed by atoms with Gasteiger partial charge in [0.05, 0.1) is 0 Å². The summed E-state index contributed by atoms with van der Waals surface area (Å²) in [6, 6.07) is 0. The predicted octanol–water partition coefficient (Wildman–Crippen LogP) is 1.99. The van der Waals surface area contributed by atoms with E-state index in [4.69, 9.17) is 0 Å². The number of nitrogens with zero attached hydrogens (tertiary/aromatic N) is 2. The van der Waals surface area contributed by atoms with E-state index in [1.165, 1.54) is 39.0 Å². The zero-order valence-corrected chi connectivity index (χ0v) is 10.2. The summed E-state index contributed by atoms with van der Waals surface area (Å²) in [5, 5.41) is 0. The van der Waals surface area contributed by atoms with E-state index in [0.29, 0.717) is 0 Å². The topological polar surface area (TPSA) is 6.48 Å². The Bertz CT molecular complexity index is 211. The van der Waals surface area contributed by atoms with Gasteiger partial charge in [-0.3, -0.25) is 4.90 Å². The van der Waals surface area contributed by atoms with Gasteiger partial charge in [-0.05, 0) is 51.5 Å². The molecule has 0 bridgehead atoms. The van der Waals surface area contributed by atoms with E-state index in [2.05, 4.69) is 36.1 Å². The Kier molecular flexibility index (Phi) is 5.70. The first-order chi connectivity index (χ1) is 7.26. The normalized spacial score (nSPS) is 19.1. The second kappa shape index (κ2) is 6.84. The van der Waals surface area contributed by atoms with Crippen LogP contribution in [0.2, 0.25) is 0 Å². The van der Waals surface area contributed by atoms with E-state index in [1.807, 2.05) is 6.08 Å². The van der Waals surface area contributed by atoms with Gasteiger partial charge in [-0.25, -0.2) is 0 Å². The van der Waals surface area contributed by atoms with Crippen molar-refractivity contribution in [1.82, 2.24) is 9.80 Å². The molecule has 0 atom stereocenters. The summed E-state index contributed by atoms with van der Waals surface area (Å²) in [6.07, 6.45) is 4.71. The Hall–Kier alpha value is -0.560. The van der Waals surface area contributed by atoms with Gasteiger partial charge < -0.3 is 4.90 Å². The molecule has 1 rings (SSSR count). The minimum Gasteiger partial charge on any atom is -0.306 e. The Morgan fingerprint density at radius 2 is 2.13 bits per heavy atom. The molecule has 0 radical (unpaired) electrons. The van der Waals surface area contributed by atoms with E-state index >= 15 is 0 Å². The third-order valence-corrected chi connectivity index (χ3v) is 3.31. The van der Waals surface area contributed by atoms with Crippen LogP contribution in [-0.2, 0) is 0 Å². The Balaban J connectivity index is 2.20. The van der Waals surface area contributed by atoms with Crippen LogP contribution in [0.15, 0.2) is 18.4 Å². The Morgan fingerprint density at radius 3 is 2.67 bits per heavy atom. The molecule has 86 valence electrons. The molecule has 1 heterocycles. The van der Waals surface area contributed by atoms with Crippen LogP contribution >= 0.6 is 0 Å². The lowest BCUT2D eigenvalue weighted by Crippen LogP contribution is -2.37. The van der Waals surface area contributed by atoms with Gasteiger partial charge in [-0.1, -0.05) is 13.5 Å². The van der Waals surface area contributed by atoms with Gasteiger partial charge in [0.1, 0.15) is 0 Å². The van der Waals surface area contributed by atoms with Gasteiger partial charge in [0, 0.05) is 13.1 Å². The molecular weight excluding hydrogens is 184 g/mol. The molecule has 0 unspecified atom stereocenters. The van der Waals surface area contributed by atoms with Gasteiger partial charge in [0.15, 0.2) is 0 Å². The summed E-state index contributed by atoms with van der Waals surface area (Å²) in [5.74, 6) is 0.902. The molecule has 2 heteroatoms. The lowest BCUT2D eigenvalue weighted by molar-refractivity contribution is 0.167. The maximum atomic E-state index is 3.60. The minimum atomic E-state index is 0.902. The molecule has 0 saturated carbocycles. The highest BCUT2D eigenvalue weighted by atomic mass is 15.1. The van der Waals surface area contributed by atoms with Gasteiger partial charge in [-0.15, -0.1) is 5.73 Å². The zero-order chi connectivity index (χ0) is 11.1. The third kappa shape index (κ3) is 4.65. The van der Waals surface area contributed by atoms with E-state index in [9.17, 15) is 0 Å². The second-order valence-corrected chi connectivity index (χ2v) is 4.51. The average Bonchev–Trinajstić information content (AvgIpc) is 2.28. The number of piperidine rings is 1. The first-order valence-electron chi connectivity index (χ1n) is 6.01. The molecule has 1 aliphatic heterocycles. The van der Waals surface area contributed by atoms with E-state index < -0.39 is 0 Å². The van der Waals surface area contributed by atoms with Crippen LogP contribution in [0.1, 0.15) is 19.8 Å². The van der Waals surface area contributed by atoms with Crippen LogP contribution < -0.4 is 0 Å². The predicted molar refractivity (Wildman–Crippen MR) is 66.0 cm³/mol. The Morgan fingerprint density at radius 1 is 1.47 bits per heavy atom. The van der Waals surface area contributed by atoms with Crippen LogP contribution in [0.25, 0.3) is 0 Å². The summed E-state index contributed by atoms with van der Waals surface area (Å²) >= 11 is 0. The number of rotatable bonds is 5. The summed E-state index contributed by atoms with van der Waals surface area (Å²) in [4.78, 5) is 4.91. The van der Waals surface area contributed by atoms with Crippen LogP contribution in [0.5, 0.6) is 0 Å². The highest BCUT2D eigenvalue weighted by Gasteiger charge is 2.18. The van der Waals surface area contributed by atoms with E-state index in [-0.39, 0.29) is 0 Å². The third-order valence-electron chi connectivity index (χ3n) is 3.31. The molecule has 0 amide bonds. The van der Waals surface area contributed by atoms with Gasteiger partial charge in [0.25, 0.3) is 0 Å². The fourth-order valence-corrected chi connectivity index (χ4v) is 2.12. The van der Waals surface area contributed by atoms with Crippen molar-refractivity contribution in [3.63, 3.8) is 0 Å². The van der Waals surface area contributed by atoms with Crippen molar-refractivity contribution < 1.29 is 0 Å². The molecule has 0 aromatic carbocycles. The molecule has 1 aliphatic rings. The average molecular weight is 208 g/mol. The molecule has 0 aromatic rings. The molecule has 15 heavy (non-hydrogen) atoms. The molecular formula is C13H24N2. The highest BCUT2D eigenvalue weighted by Crippen LogP contribution is 2.17. The van der Waals surface area contributed by atoms with E-state index in [0.717, 1.165) is 12.5 Å². The van der Waals surface area contributed by atoms with Crippen molar-refractivity contribution in [3.8, 4) is 0 Å². The summed E-state index contributed by atoms with van der Waals surface area (Å²) < 4.78 is 0. The van der Waals surface area contributed by atoms with Crippen molar-refractivity contribution in [2.24, 2.45) is 5.92 Å². The number of hydrogen-bond acceptors (Lipinski definition) is 2. The van der Waals surface area contributed by atoms with Crippen molar-refractivity contribution in [2.45, 2.75) is 19.8 Å². The number of likely N-dealkylation sites (tertiary alicyclic amines) is 1. The van der Waals surface area contributed by atoms with Crippen molar-refractivity contribution >= 4 is 0 Å². The first kappa shape index (κ1) is 12.5. The van der Waals surface area contributed by atoms with Gasteiger partial charge in [-0.2, -0.15) is 0 Å². The fourth-order valence-electron chi connectivity index (χ4n) is 2.12. The smallest absolute Gasteiger partial charge is 0.0238 e. The maximum absolute atomic E-state index is 3.60. The molecule has 1 saturated heterocycles. The van der Waals surface area contributed by atoms with Crippen LogP contribution in [0.3, 0.4) is 0 Å². The number of hydrogen-bond donors (Lipinski definition) is 0. The molecule has 0 aromatic heterocycles. The summed E-state index contributed by atoms with van der Waals surface area (Å²) in [5.41, 5.74) is 2.84. The minimum absolute atomic E-state index is 0.902. The van der Waals surface area contributed by atoms with E-state index in [1.54, 1.807) is 0 Å². The SMILES string of the molecule is C=C=CCN1CCC(CN(C)CC)CC1. The highest BCUT2D eigenvalue weighted by molar-refractivity contribution is 4.83. The molecule has 0 aliphatic carbocycles. The van der Waals surface area contributed by atoms with Gasteiger partial charge >= 0.3 is 0 Å². The maximum Gasteiger partial charge on any atom is 0.0238 e. The lowest BCUT2D eigenvalue weighted by atomic mass is 9.96. The summed E-state index contributed by atoms with van der Waals surface area (Å²) in [7, 11) is 2.22.